The van der Waals surface area contributed by atoms with Gasteiger partial charge in [-0.1, -0.05) is 30.3 Å². The van der Waals surface area contributed by atoms with Crippen LogP contribution in [0.3, 0.4) is 0 Å². The van der Waals surface area contributed by atoms with Gasteiger partial charge < -0.3 is 8.83 Å². The van der Waals surface area contributed by atoms with Gasteiger partial charge in [0.2, 0.25) is 0 Å². The Balaban J connectivity index is 1.47. The molecule has 0 amide bonds. The second kappa shape index (κ2) is 6.65. The van der Waals surface area contributed by atoms with E-state index >= 15 is 0 Å². The molecule has 0 radical (unpaired) electrons. The quantitative estimate of drug-likeness (QED) is 0.703. The van der Waals surface area contributed by atoms with Gasteiger partial charge >= 0.3 is 0 Å². The van der Waals surface area contributed by atoms with Gasteiger partial charge in [0.1, 0.15) is 5.76 Å². The highest BCUT2D eigenvalue weighted by molar-refractivity contribution is 5.44. The van der Waals surface area contributed by atoms with Crippen molar-refractivity contribution in [1.29, 1.82) is 0 Å². The molecule has 0 spiro atoms. The number of likely N-dealkylation sites (tertiary alicyclic amines) is 1. The lowest BCUT2D eigenvalue weighted by Gasteiger charge is -2.32. The minimum Gasteiger partial charge on any atom is -0.459 e. The molecule has 124 valence electrons. The Morgan fingerprint density at radius 3 is 2.83 bits per heavy atom. The van der Waals surface area contributed by atoms with Gasteiger partial charge in [0, 0.05) is 13.1 Å². The average molecular weight is 322 g/mol. The van der Waals surface area contributed by atoms with Crippen LogP contribution in [-0.2, 0) is 6.54 Å². The Morgan fingerprint density at radius 2 is 2.04 bits per heavy atom. The number of aryl methyl sites for hydroxylation is 1. The lowest BCUT2D eigenvalue weighted by Crippen LogP contribution is -2.34. The summed E-state index contributed by atoms with van der Waals surface area (Å²) in [4.78, 5) is 7.13. The first kappa shape index (κ1) is 15.2. The predicted octanol–water partition coefficient (Wildman–Crippen LogP) is 4.62. The van der Waals surface area contributed by atoms with E-state index in [0.29, 0.717) is 17.6 Å². The third-order valence-corrected chi connectivity index (χ3v) is 4.77. The molecule has 24 heavy (non-hydrogen) atoms. The first-order chi connectivity index (χ1) is 11.8. The fourth-order valence-corrected chi connectivity index (χ4v) is 3.49. The van der Waals surface area contributed by atoms with Gasteiger partial charge in [-0.3, -0.25) is 4.90 Å². The molecule has 0 bridgehead atoms. The highest BCUT2D eigenvalue weighted by Crippen LogP contribution is 2.29. The molecular weight excluding hydrogens is 300 g/mol. The van der Waals surface area contributed by atoms with Crippen LogP contribution in [0.1, 0.15) is 35.8 Å². The van der Waals surface area contributed by atoms with Crippen molar-refractivity contribution in [3.63, 3.8) is 0 Å². The van der Waals surface area contributed by atoms with Crippen LogP contribution in [-0.4, -0.2) is 23.0 Å². The SMILES string of the molecule is Cc1oc(-c2ccco2)nc1CN1CCC[C@H](c2ccccc2)C1. The highest BCUT2D eigenvalue weighted by Gasteiger charge is 2.23. The molecule has 3 heterocycles. The number of benzene rings is 1. The van der Waals surface area contributed by atoms with E-state index < -0.39 is 0 Å². The number of hydrogen-bond acceptors (Lipinski definition) is 4. The maximum Gasteiger partial charge on any atom is 0.263 e. The summed E-state index contributed by atoms with van der Waals surface area (Å²) in [6.07, 6.45) is 4.13. The molecule has 2 aromatic heterocycles. The number of oxazole rings is 1. The van der Waals surface area contributed by atoms with Crippen LogP contribution in [0.25, 0.3) is 11.7 Å². The normalized spacial score (nSPS) is 18.8. The van der Waals surface area contributed by atoms with Crippen molar-refractivity contribution in [1.82, 2.24) is 9.88 Å². The maximum absolute atomic E-state index is 5.78. The molecule has 1 aliphatic heterocycles. The Bertz CT molecular complexity index is 777. The fraction of sp³-hybridized carbons (Fsp3) is 0.350. The number of hydrogen-bond donors (Lipinski definition) is 0. The summed E-state index contributed by atoms with van der Waals surface area (Å²) in [6, 6.07) is 14.6. The zero-order chi connectivity index (χ0) is 16.4. The molecule has 0 saturated carbocycles. The molecule has 1 saturated heterocycles. The minimum atomic E-state index is 0.573. The van der Waals surface area contributed by atoms with Crippen LogP contribution in [0.5, 0.6) is 0 Å². The number of nitrogens with zero attached hydrogens (tertiary/aromatic N) is 2. The number of aromatic nitrogens is 1. The van der Waals surface area contributed by atoms with Gasteiger partial charge in [0.15, 0.2) is 5.76 Å². The molecule has 0 N–H and O–H groups in total. The van der Waals surface area contributed by atoms with Gasteiger partial charge in [-0.25, -0.2) is 4.98 Å². The van der Waals surface area contributed by atoms with Gasteiger partial charge in [-0.15, -0.1) is 0 Å². The standard InChI is InChI=1S/C20H22N2O2/c1-15-18(21-20(24-15)19-10-6-12-23-19)14-22-11-5-9-17(13-22)16-7-3-2-4-8-16/h2-4,6-8,10,12,17H,5,9,11,13-14H2,1H3/t17-/m0/s1. The number of piperidine rings is 1. The van der Waals surface area contributed by atoms with E-state index in [-0.39, 0.29) is 0 Å². The molecule has 4 heteroatoms. The lowest BCUT2D eigenvalue weighted by molar-refractivity contribution is 0.197. The second-order valence-corrected chi connectivity index (χ2v) is 6.48. The van der Waals surface area contributed by atoms with Crippen molar-refractivity contribution in [2.24, 2.45) is 0 Å². The molecule has 1 aliphatic rings. The molecule has 1 fully saturated rings. The topological polar surface area (TPSA) is 42.4 Å². The van der Waals surface area contributed by atoms with E-state index in [4.69, 9.17) is 8.83 Å². The molecule has 1 aromatic carbocycles. The third-order valence-electron chi connectivity index (χ3n) is 4.77. The summed E-state index contributed by atoms with van der Waals surface area (Å²) in [7, 11) is 0. The first-order valence-electron chi connectivity index (χ1n) is 8.57. The Kier molecular flexibility index (Phi) is 4.22. The van der Waals surface area contributed by atoms with E-state index in [9.17, 15) is 0 Å². The van der Waals surface area contributed by atoms with E-state index in [1.165, 1.54) is 18.4 Å². The Hall–Kier alpha value is -2.33. The van der Waals surface area contributed by atoms with Gasteiger partial charge in [0.05, 0.1) is 12.0 Å². The molecule has 1 atom stereocenters. The van der Waals surface area contributed by atoms with Gasteiger partial charge in [-0.05, 0) is 49.9 Å². The summed E-state index contributed by atoms with van der Waals surface area (Å²) in [6.45, 7) is 5.00. The van der Waals surface area contributed by atoms with Crippen LogP contribution in [0.15, 0.2) is 57.6 Å². The zero-order valence-electron chi connectivity index (χ0n) is 13.9. The Labute approximate surface area is 142 Å². The minimum absolute atomic E-state index is 0.573. The summed E-state index contributed by atoms with van der Waals surface area (Å²) in [5, 5.41) is 0. The molecule has 4 rings (SSSR count). The monoisotopic (exact) mass is 322 g/mol. The van der Waals surface area contributed by atoms with Crippen LogP contribution in [0.4, 0.5) is 0 Å². The number of furan rings is 1. The summed E-state index contributed by atoms with van der Waals surface area (Å²) < 4.78 is 11.2. The van der Waals surface area contributed by atoms with Crippen molar-refractivity contribution < 1.29 is 8.83 Å². The molecule has 4 nitrogen and oxygen atoms in total. The van der Waals surface area contributed by atoms with E-state index in [2.05, 4.69) is 40.2 Å². The highest BCUT2D eigenvalue weighted by atomic mass is 16.4. The summed E-state index contributed by atoms with van der Waals surface area (Å²) in [5.74, 6) is 2.74. The van der Waals surface area contributed by atoms with Crippen molar-refractivity contribution in [2.75, 3.05) is 13.1 Å². The van der Waals surface area contributed by atoms with Crippen LogP contribution < -0.4 is 0 Å². The zero-order valence-corrected chi connectivity index (χ0v) is 13.9. The number of rotatable bonds is 4. The van der Waals surface area contributed by atoms with E-state index in [1.807, 2.05) is 19.1 Å². The first-order valence-corrected chi connectivity index (χ1v) is 8.57. The van der Waals surface area contributed by atoms with Crippen LogP contribution in [0.2, 0.25) is 0 Å². The molecule has 3 aromatic rings. The largest absolute Gasteiger partial charge is 0.459 e. The van der Waals surface area contributed by atoms with Crippen molar-refractivity contribution in [2.45, 2.75) is 32.2 Å². The van der Waals surface area contributed by atoms with E-state index in [1.54, 1.807) is 6.26 Å². The second-order valence-electron chi connectivity index (χ2n) is 6.48. The molecule has 0 unspecified atom stereocenters. The maximum atomic E-state index is 5.78. The smallest absolute Gasteiger partial charge is 0.263 e. The molecule has 0 aliphatic carbocycles. The van der Waals surface area contributed by atoms with Crippen molar-refractivity contribution in [3.8, 4) is 11.7 Å². The summed E-state index contributed by atoms with van der Waals surface area (Å²) >= 11 is 0. The fourth-order valence-electron chi connectivity index (χ4n) is 3.49. The van der Waals surface area contributed by atoms with Crippen molar-refractivity contribution >= 4 is 0 Å². The van der Waals surface area contributed by atoms with Gasteiger partial charge in [-0.2, -0.15) is 0 Å². The third kappa shape index (κ3) is 3.15. The van der Waals surface area contributed by atoms with Crippen molar-refractivity contribution in [3.05, 3.63) is 65.7 Å². The predicted molar refractivity (Wildman–Crippen MR) is 92.6 cm³/mol. The van der Waals surface area contributed by atoms with E-state index in [0.717, 1.165) is 31.1 Å². The van der Waals surface area contributed by atoms with Gasteiger partial charge in [0.25, 0.3) is 5.89 Å². The molecular formula is C20H22N2O2. The lowest BCUT2D eigenvalue weighted by atomic mass is 9.90. The summed E-state index contributed by atoms with van der Waals surface area (Å²) in [5.41, 5.74) is 2.45. The average Bonchev–Trinajstić information content (AvgIpc) is 3.27. The van der Waals surface area contributed by atoms with Crippen LogP contribution >= 0.6 is 0 Å². The van der Waals surface area contributed by atoms with Crippen LogP contribution in [0, 0.1) is 6.92 Å². The Morgan fingerprint density at radius 1 is 1.17 bits per heavy atom.